The molecule has 2 rings (SSSR count). The first kappa shape index (κ1) is 14.3. The quantitative estimate of drug-likeness (QED) is 0.730. The summed E-state index contributed by atoms with van der Waals surface area (Å²) in [6, 6.07) is 8.16. The first-order chi connectivity index (χ1) is 9.38. The van der Waals surface area contributed by atoms with Crippen LogP contribution in [0.25, 0.3) is 0 Å². The molecule has 0 spiro atoms. The third-order valence-electron chi connectivity index (χ3n) is 3.18. The Bertz CT molecular complexity index is 364. The number of nitrogens with one attached hydrogen (secondary N) is 1. The summed E-state index contributed by atoms with van der Waals surface area (Å²) in [5.74, 6) is 0.897. The van der Waals surface area contributed by atoms with Gasteiger partial charge in [0.25, 0.3) is 0 Å². The van der Waals surface area contributed by atoms with Gasteiger partial charge in [0.1, 0.15) is 12.4 Å². The van der Waals surface area contributed by atoms with E-state index < -0.39 is 0 Å². The molecule has 19 heavy (non-hydrogen) atoms. The van der Waals surface area contributed by atoms with E-state index in [0.29, 0.717) is 19.3 Å². The Morgan fingerprint density at radius 2 is 2.32 bits per heavy atom. The van der Waals surface area contributed by atoms with Crippen LogP contribution >= 0.6 is 0 Å². The molecule has 0 radical (unpaired) electrons. The van der Waals surface area contributed by atoms with Crippen molar-refractivity contribution in [1.29, 1.82) is 0 Å². The zero-order valence-corrected chi connectivity index (χ0v) is 11.6. The van der Waals surface area contributed by atoms with E-state index in [2.05, 4.69) is 17.4 Å². The van der Waals surface area contributed by atoms with Crippen LogP contribution in [0.2, 0.25) is 0 Å². The largest absolute Gasteiger partial charge is 0.491 e. The summed E-state index contributed by atoms with van der Waals surface area (Å²) in [5.41, 5.74) is 1.23. The van der Waals surface area contributed by atoms with E-state index in [-0.39, 0.29) is 0 Å². The molecule has 1 heterocycles. The van der Waals surface area contributed by atoms with Gasteiger partial charge in [0.2, 0.25) is 0 Å². The van der Waals surface area contributed by atoms with Gasteiger partial charge in [0, 0.05) is 26.8 Å². The second kappa shape index (κ2) is 8.15. The zero-order valence-electron chi connectivity index (χ0n) is 11.6. The fourth-order valence-electron chi connectivity index (χ4n) is 2.17. The van der Waals surface area contributed by atoms with E-state index in [1.165, 1.54) is 18.4 Å². The lowest BCUT2D eigenvalue weighted by molar-refractivity contribution is 0.110. The molecule has 106 valence electrons. The smallest absolute Gasteiger partial charge is 0.119 e. The summed E-state index contributed by atoms with van der Waals surface area (Å²) in [6.45, 7) is 3.88. The minimum Gasteiger partial charge on any atom is -0.491 e. The van der Waals surface area contributed by atoms with Gasteiger partial charge >= 0.3 is 0 Å². The van der Waals surface area contributed by atoms with E-state index >= 15 is 0 Å². The van der Waals surface area contributed by atoms with E-state index in [0.717, 1.165) is 25.4 Å². The molecule has 0 bridgehead atoms. The van der Waals surface area contributed by atoms with Crippen molar-refractivity contribution < 1.29 is 14.2 Å². The van der Waals surface area contributed by atoms with Crippen LogP contribution in [0.4, 0.5) is 0 Å². The number of ether oxygens (including phenoxy) is 3. The van der Waals surface area contributed by atoms with Crippen molar-refractivity contribution in [2.75, 3.05) is 33.5 Å². The second-order valence-corrected chi connectivity index (χ2v) is 4.75. The Labute approximate surface area is 115 Å². The Kier molecular flexibility index (Phi) is 6.14. The summed E-state index contributed by atoms with van der Waals surface area (Å²) < 4.78 is 16.1. The average molecular weight is 265 g/mol. The average Bonchev–Trinajstić information content (AvgIpc) is 2.93. The lowest BCUT2D eigenvalue weighted by Crippen LogP contribution is -2.25. The van der Waals surface area contributed by atoms with Gasteiger partial charge in [-0.15, -0.1) is 0 Å². The van der Waals surface area contributed by atoms with Gasteiger partial charge in [-0.05, 0) is 30.5 Å². The van der Waals surface area contributed by atoms with Gasteiger partial charge in [-0.2, -0.15) is 0 Å². The number of hydrogen-bond donors (Lipinski definition) is 1. The minimum absolute atomic E-state index is 0.390. The highest BCUT2D eigenvalue weighted by atomic mass is 16.5. The molecule has 0 aliphatic carbocycles. The van der Waals surface area contributed by atoms with Gasteiger partial charge in [0.05, 0.1) is 12.7 Å². The van der Waals surface area contributed by atoms with E-state index in [1.807, 2.05) is 12.1 Å². The predicted octanol–water partition coefficient (Wildman–Crippen LogP) is 1.98. The van der Waals surface area contributed by atoms with Crippen molar-refractivity contribution in [3.63, 3.8) is 0 Å². The molecule has 1 fully saturated rings. The number of rotatable bonds is 8. The minimum atomic E-state index is 0.390. The van der Waals surface area contributed by atoms with Crippen molar-refractivity contribution in [3.05, 3.63) is 29.8 Å². The highest BCUT2D eigenvalue weighted by Crippen LogP contribution is 2.14. The van der Waals surface area contributed by atoms with Crippen molar-refractivity contribution in [1.82, 2.24) is 5.32 Å². The molecular formula is C15H23NO3. The molecule has 1 atom stereocenters. The van der Waals surface area contributed by atoms with Crippen LogP contribution < -0.4 is 10.1 Å². The molecule has 1 aliphatic heterocycles. The third-order valence-corrected chi connectivity index (χ3v) is 3.18. The molecule has 1 aromatic rings. The number of methoxy groups -OCH3 is 1. The summed E-state index contributed by atoms with van der Waals surface area (Å²) >= 11 is 0. The van der Waals surface area contributed by atoms with Gasteiger partial charge in [-0.1, -0.05) is 12.1 Å². The highest BCUT2D eigenvalue weighted by Gasteiger charge is 2.14. The van der Waals surface area contributed by atoms with Crippen LogP contribution in [-0.4, -0.2) is 39.6 Å². The molecule has 1 saturated heterocycles. The molecule has 1 aromatic carbocycles. The fraction of sp³-hybridized carbons (Fsp3) is 0.600. The van der Waals surface area contributed by atoms with Crippen LogP contribution in [0, 0.1) is 0 Å². The zero-order chi connectivity index (χ0) is 13.3. The molecule has 1 unspecified atom stereocenters. The van der Waals surface area contributed by atoms with Gasteiger partial charge in [-0.25, -0.2) is 0 Å². The fourth-order valence-corrected chi connectivity index (χ4v) is 2.17. The van der Waals surface area contributed by atoms with Crippen LogP contribution in [0.15, 0.2) is 24.3 Å². The number of hydrogen-bond acceptors (Lipinski definition) is 4. The summed E-state index contributed by atoms with van der Waals surface area (Å²) in [6.07, 6.45) is 2.75. The van der Waals surface area contributed by atoms with E-state index in [4.69, 9.17) is 14.2 Å². The van der Waals surface area contributed by atoms with Crippen LogP contribution in [-0.2, 0) is 16.0 Å². The highest BCUT2D eigenvalue weighted by molar-refractivity contribution is 5.28. The molecule has 0 amide bonds. The summed E-state index contributed by atoms with van der Waals surface area (Å²) in [4.78, 5) is 0. The monoisotopic (exact) mass is 265 g/mol. The Morgan fingerprint density at radius 3 is 3.11 bits per heavy atom. The molecule has 4 nitrogen and oxygen atoms in total. The van der Waals surface area contributed by atoms with Crippen molar-refractivity contribution in [2.24, 2.45) is 0 Å². The Hall–Kier alpha value is -1.10. The molecule has 0 aromatic heterocycles. The van der Waals surface area contributed by atoms with Crippen molar-refractivity contribution in [3.8, 4) is 5.75 Å². The van der Waals surface area contributed by atoms with Crippen molar-refractivity contribution >= 4 is 0 Å². The molecule has 1 aliphatic rings. The van der Waals surface area contributed by atoms with Gasteiger partial charge < -0.3 is 19.5 Å². The third kappa shape index (κ3) is 5.19. The Morgan fingerprint density at radius 1 is 1.37 bits per heavy atom. The van der Waals surface area contributed by atoms with E-state index in [1.54, 1.807) is 7.11 Å². The SMILES string of the molecule is COCCOc1cccc(CNCC2CCCO2)c1. The topological polar surface area (TPSA) is 39.7 Å². The molecular weight excluding hydrogens is 242 g/mol. The lowest BCUT2D eigenvalue weighted by atomic mass is 10.2. The Balaban J connectivity index is 1.71. The molecule has 0 saturated carbocycles. The van der Waals surface area contributed by atoms with Crippen LogP contribution in [0.1, 0.15) is 18.4 Å². The van der Waals surface area contributed by atoms with Crippen LogP contribution in [0.5, 0.6) is 5.75 Å². The maximum atomic E-state index is 5.59. The van der Waals surface area contributed by atoms with Gasteiger partial charge in [-0.3, -0.25) is 0 Å². The van der Waals surface area contributed by atoms with Crippen molar-refractivity contribution in [2.45, 2.75) is 25.5 Å². The first-order valence-electron chi connectivity index (χ1n) is 6.91. The maximum Gasteiger partial charge on any atom is 0.119 e. The molecule has 1 N–H and O–H groups in total. The maximum absolute atomic E-state index is 5.59. The molecule has 4 heteroatoms. The normalized spacial score (nSPS) is 18.7. The number of benzene rings is 1. The predicted molar refractivity (Wildman–Crippen MR) is 74.5 cm³/mol. The standard InChI is InChI=1S/C15H23NO3/c1-17-8-9-19-14-5-2-4-13(10-14)11-16-12-15-6-3-7-18-15/h2,4-5,10,15-16H,3,6-9,11-12H2,1H3. The van der Waals surface area contributed by atoms with Gasteiger partial charge in [0.15, 0.2) is 0 Å². The summed E-state index contributed by atoms with van der Waals surface area (Å²) in [7, 11) is 1.68. The van der Waals surface area contributed by atoms with E-state index in [9.17, 15) is 0 Å². The summed E-state index contributed by atoms with van der Waals surface area (Å²) in [5, 5.41) is 3.43. The first-order valence-corrected chi connectivity index (χ1v) is 6.91. The lowest BCUT2D eigenvalue weighted by Gasteiger charge is -2.11. The second-order valence-electron chi connectivity index (χ2n) is 4.75. The van der Waals surface area contributed by atoms with Crippen LogP contribution in [0.3, 0.4) is 0 Å².